The van der Waals surface area contributed by atoms with Crippen LogP contribution >= 0.6 is 11.6 Å². The zero-order chi connectivity index (χ0) is 11.9. The van der Waals surface area contributed by atoms with Crippen LogP contribution in [0.25, 0.3) is 0 Å². The number of nitrogens with zero attached hydrogens (tertiary/aromatic N) is 3. The van der Waals surface area contributed by atoms with Gasteiger partial charge in [0.1, 0.15) is 5.15 Å². The standard InChI is InChI=1S/C10H14ClN3O2/c1-6-8(9(11)13(2)12-6)10(16)14-4-3-7(15)5-14/h7,15H,3-5H2,1-2H3/t7-/m1/s1. The molecule has 6 heteroatoms. The first kappa shape index (κ1) is 11.4. The van der Waals surface area contributed by atoms with Crippen molar-refractivity contribution in [3.63, 3.8) is 0 Å². The van der Waals surface area contributed by atoms with E-state index in [0.29, 0.717) is 35.9 Å². The van der Waals surface area contributed by atoms with Gasteiger partial charge in [0.05, 0.1) is 17.4 Å². The number of aromatic nitrogens is 2. The highest BCUT2D eigenvalue weighted by molar-refractivity contribution is 6.33. The highest BCUT2D eigenvalue weighted by atomic mass is 35.5. The summed E-state index contributed by atoms with van der Waals surface area (Å²) in [4.78, 5) is 13.7. The average Bonchev–Trinajstić information content (AvgIpc) is 2.73. The van der Waals surface area contributed by atoms with E-state index in [1.807, 2.05) is 0 Å². The van der Waals surface area contributed by atoms with Crippen molar-refractivity contribution < 1.29 is 9.90 Å². The van der Waals surface area contributed by atoms with Crippen LogP contribution in [0.15, 0.2) is 0 Å². The molecule has 88 valence electrons. The fourth-order valence-corrected chi connectivity index (χ4v) is 2.21. The highest BCUT2D eigenvalue weighted by Crippen LogP contribution is 2.22. The molecule has 1 saturated heterocycles. The van der Waals surface area contributed by atoms with Crippen LogP contribution in [0.4, 0.5) is 0 Å². The van der Waals surface area contributed by atoms with Crippen molar-refractivity contribution in [2.24, 2.45) is 7.05 Å². The summed E-state index contributed by atoms with van der Waals surface area (Å²) in [5, 5.41) is 13.8. The van der Waals surface area contributed by atoms with E-state index < -0.39 is 6.10 Å². The Morgan fingerprint density at radius 1 is 1.62 bits per heavy atom. The quantitative estimate of drug-likeness (QED) is 0.785. The molecule has 0 radical (unpaired) electrons. The first-order valence-corrected chi connectivity index (χ1v) is 5.55. The summed E-state index contributed by atoms with van der Waals surface area (Å²) in [7, 11) is 1.70. The number of hydrogen-bond donors (Lipinski definition) is 1. The number of halogens is 1. The molecule has 16 heavy (non-hydrogen) atoms. The smallest absolute Gasteiger partial charge is 0.258 e. The molecule has 0 bridgehead atoms. The van der Waals surface area contributed by atoms with Crippen LogP contribution in [-0.2, 0) is 7.05 Å². The van der Waals surface area contributed by atoms with Gasteiger partial charge in [-0.3, -0.25) is 9.48 Å². The second-order valence-electron chi connectivity index (χ2n) is 4.07. The van der Waals surface area contributed by atoms with Gasteiger partial charge in [0.2, 0.25) is 0 Å². The maximum absolute atomic E-state index is 12.1. The summed E-state index contributed by atoms with van der Waals surface area (Å²) in [6.07, 6.45) is 0.211. The largest absolute Gasteiger partial charge is 0.391 e. The number of amides is 1. The normalized spacial score (nSPS) is 20.5. The number of aliphatic hydroxyl groups excluding tert-OH is 1. The monoisotopic (exact) mass is 243 g/mol. The number of hydrogen-bond acceptors (Lipinski definition) is 3. The number of likely N-dealkylation sites (tertiary alicyclic amines) is 1. The Balaban J connectivity index is 2.27. The van der Waals surface area contributed by atoms with Gasteiger partial charge >= 0.3 is 0 Å². The van der Waals surface area contributed by atoms with Gasteiger partial charge in [-0.1, -0.05) is 11.6 Å². The minimum Gasteiger partial charge on any atom is -0.391 e. The molecule has 2 rings (SSSR count). The first-order valence-electron chi connectivity index (χ1n) is 5.17. The van der Waals surface area contributed by atoms with Crippen LogP contribution in [0.1, 0.15) is 22.5 Å². The van der Waals surface area contributed by atoms with E-state index in [1.165, 1.54) is 4.68 Å². The molecule has 1 N–H and O–H groups in total. The third kappa shape index (κ3) is 1.81. The first-order chi connectivity index (χ1) is 7.50. The second-order valence-corrected chi connectivity index (χ2v) is 4.43. The Kier molecular flexibility index (Phi) is 2.90. The van der Waals surface area contributed by atoms with Crippen LogP contribution in [0.3, 0.4) is 0 Å². The SMILES string of the molecule is Cc1nn(C)c(Cl)c1C(=O)N1CC[C@@H](O)C1. The van der Waals surface area contributed by atoms with Crippen LogP contribution in [-0.4, -0.2) is 44.9 Å². The average molecular weight is 244 g/mol. The van der Waals surface area contributed by atoms with E-state index >= 15 is 0 Å². The van der Waals surface area contributed by atoms with E-state index in [1.54, 1.807) is 18.9 Å². The summed E-state index contributed by atoms with van der Waals surface area (Å²) in [6, 6.07) is 0. The number of β-amino-alcohol motifs (C(OH)–C–C–N with tert-alkyl or cyclic N) is 1. The van der Waals surface area contributed by atoms with Crippen molar-refractivity contribution >= 4 is 17.5 Å². The highest BCUT2D eigenvalue weighted by Gasteiger charge is 2.29. The van der Waals surface area contributed by atoms with E-state index in [0.717, 1.165) is 0 Å². The van der Waals surface area contributed by atoms with E-state index in [4.69, 9.17) is 11.6 Å². The van der Waals surface area contributed by atoms with Gasteiger partial charge in [0, 0.05) is 20.1 Å². The topological polar surface area (TPSA) is 58.4 Å². The molecule has 0 aromatic carbocycles. The Bertz CT molecular complexity index is 430. The van der Waals surface area contributed by atoms with Gasteiger partial charge < -0.3 is 10.0 Å². The summed E-state index contributed by atoms with van der Waals surface area (Å²) in [5.74, 6) is -0.146. The van der Waals surface area contributed by atoms with Crippen molar-refractivity contribution in [1.82, 2.24) is 14.7 Å². The molecule has 1 amide bonds. The van der Waals surface area contributed by atoms with E-state index in [2.05, 4.69) is 5.10 Å². The van der Waals surface area contributed by atoms with Crippen LogP contribution < -0.4 is 0 Å². The van der Waals surface area contributed by atoms with Crippen molar-refractivity contribution in [3.05, 3.63) is 16.4 Å². The van der Waals surface area contributed by atoms with Crippen LogP contribution in [0, 0.1) is 6.92 Å². The summed E-state index contributed by atoms with van der Waals surface area (Å²) in [6.45, 7) is 2.71. The number of rotatable bonds is 1. The minimum absolute atomic E-state index is 0.146. The molecule has 1 fully saturated rings. The molecule has 1 atom stereocenters. The Morgan fingerprint density at radius 2 is 2.31 bits per heavy atom. The number of aliphatic hydroxyl groups is 1. The fourth-order valence-electron chi connectivity index (χ4n) is 1.96. The molecule has 2 heterocycles. The van der Waals surface area contributed by atoms with Crippen molar-refractivity contribution in [1.29, 1.82) is 0 Å². The van der Waals surface area contributed by atoms with Gasteiger partial charge in [-0.2, -0.15) is 5.10 Å². The Hall–Kier alpha value is -1.07. The third-order valence-electron chi connectivity index (χ3n) is 2.82. The lowest BCUT2D eigenvalue weighted by atomic mass is 10.2. The fraction of sp³-hybridized carbons (Fsp3) is 0.600. The van der Waals surface area contributed by atoms with E-state index in [9.17, 15) is 9.90 Å². The molecular weight excluding hydrogens is 230 g/mol. The predicted octanol–water partition coefficient (Wildman–Crippen LogP) is 0.589. The minimum atomic E-state index is -0.417. The lowest BCUT2D eigenvalue weighted by molar-refractivity contribution is 0.0764. The van der Waals surface area contributed by atoms with Crippen molar-refractivity contribution in [2.75, 3.05) is 13.1 Å². The molecule has 0 spiro atoms. The maximum Gasteiger partial charge on any atom is 0.258 e. The van der Waals surface area contributed by atoms with E-state index in [-0.39, 0.29) is 5.91 Å². The number of carbonyl (C=O) groups excluding carboxylic acids is 1. The van der Waals surface area contributed by atoms with Gasteiger partial charge in [0.25, 0.3) is 5.91 Å². The molecule has 1 aromatic heterocycles. The lowest BCUT2D eigenvalue weighted by Crippen LogP contribution is -2.30. The van der Waals surface area contributed by atoms with Crippen molar-refractivity contribution in [3.8, 4) is 0 Å². The van der Waals surface area contributed by atoms with Crippen LogP contribution in [0.5, 0.6) is 0 Å². The number of aryl methyl sites for hydroxylation is 2. The third-order valence-corrected chi connectivity index (χ3v) is 3.25. The molecular formula is C10H14ClN3O2. The molecule has 0 saturated carbocycles. The van der Waals surface area contributed by atoms with Crippen LogP contribution in [0.2, 0.25) is 5.15 Å². The summed E-state index contributed by atoms with van der Waals surface area (Å²) in [5.41, 5.74) is 1.07. The summed E-state index contributed by atoms with van der Waals surface area (Å²) < 4.78 is 1.48. The van der Waals surface area contributed by atoms with Crippen molar-refractivity contribution in [2.45, 2.75) is 19.4 Å². The Morgan fingerprint density at radius 3 is 2.75 bits per heavy atom. The molecule has 1 aliphatic heterocycles. The van der Waals surface area contributed by atoms with Gasteiger partial charge in [-0.25, -0.2) is 0 Å². The second kappa shape index (κ2) is 4.07. The molecule has 1 aromatic rings. The number of carbonyl (C=O) groups is 1. The predicted molar refractivity (Wildman–Crippen MR) is 59.5 cm³/mol. The molecule has 1 aliphatic rings. The van der Waals surface area contributed by atoms with Gasteiger partial charge in [-0.15, -0.1) is 0 Å². The molecule has 0 unspecified atom stereocenters. The maximum atomic E-state index is 12.1. The zero-order valence-electron chi connectivity index (χ0n) is 9.27. The molecule has 5 nitrogen and oxygen atoms in total. The molecule has 0 aliphatic carbocycles. The Labute approximate surface area is 98.6 Å². The van der Waals surface area contributed by atoms with Gasteiger partial charge in [0.15, 0.2) is 0 Å². The lowest BCUT2D eigenvalue weighted by Gasteiger charge is -2.15. The zero-order valence-corrected chi connectivity index (χ0v) is 10.0. The van der Waals surface area contributed by atoms with Gasteiger partial charge in [-0.05, 0) is 13.3 Å². The summed E-state index contributed by atoms with van der Waals surface area (Å²) >= 11 is 6.01.